The van der Waals surface area contributed by atoms with Crippen LogP contribution in [0.1, 0.15) is 22.5 Å². The van der Waals surface area contributed by atoms with E-state index in [1.54, 1.807) is 36.0 Å². The van der Waals surface area contributed by atoms with Gasteiger partial charge >= 0.3 is 0 Å². The third kappa shape index (κ3) is 4.48. The summed E-state index contributed by atoms with van der Waals surface area (Å²) in [5.41, 5.74) is 6.34. The summed E-state index contributed by atoms with van der Waals surface area (Å²) in [6, 6.07) is 22.2. The maximum absolute atomic E-state index is 12.6. The van der Waals surface area contributed by atoms with Crippen molar-refractivity contribution in [3.63, 3.8) is 0 Å². The lowest BCUT2D eigenvalue weighted by atomic mass is 10.0. The Kier molecular flexibility index (Phi) is 5.96. The smallest absolute Gasteiger partial charge is 0.269 e. The first-order valence-corrected chi connectivity index (χ1v) is 12.0. The maximum atomic E-state index is 12.6. The average molecular weight is 502 g/mol. The molecule has 35 heavy (non-hydrogen) atoms. The van der Waals surface area contributed by atoms with E-state index in [1.807, 2.05) is 50.3 Å². The highest BCUT2D eigenvalue weighted by atomic mass is 35.5. The number of nitrogens with one attached hydrogen (secondary N) is 1. The molecule has 0 unspecified atom stereocenters. The van der Waals surface area contributed by atoms with Crippen LogP contribution in [-0.2, 0) is 4.79 Å². The van der Waals surface area contributed by atoms with Gasteiger partial charge in [-0.1, -0.05) is 29.4 Å². The number of halogens is 1. The van der Waals surface area contributed by atoms with Crippen LogP contribution in [0.25, 0.3) is 17.3 Å². The molecule has 5 rings (SSSR count). The van der Waals surface area contributed by atoms with E-state index < -0.39 is 4.92 Å². The van der Waals surface area contributed by atoms with E-state index in [1.165, 1.54) is 12.1 Å². The van der Waals surface area contributed by atoms with Crippen molar-refractivity contribution >= 4 is 52.3 Å². The number of carbonyl (C=O) groups excluding carboxylic acids is 1. The van der Waals surface area contributed by atoms with Gasteiger partial charge in [-0.05, 0) is 80.1 Å². The van der Waals surface area contributed by atoms with Gasteiger partial charge in [0, 0.05) is 55.2 Å². The molecular formula is C27H20ClN3O3S. The molecule has 0 spiro atoms. The van der Waals surface area contributed by atoms with Crippen molar-refractivity contribution in [1.29, 1.82) is 0 Å². The summed E-state index contributed by atoms with van der Waals surface area (Å²) in [6.07, 6.45) is 1.92. The third-order valence-electron chi connectivity index (χ3n) is 5.91. The minimum atomic E-state index is -0.400. The van der Waals surface area contributed by atoms with E-state index in [2.05, 4.69) is 16.0 Å². The molecule has 8 heteroatoms. The zero-order chi connectivity index (χ0) is 24.7. The normalized spacial score (nSPS) is 13.7. The third-order valence-corrected chi connectivity index (χ3v) is 7.16. The van der Waals surface area contributed by atoms with E-state index in [9.17, 15) is 14.9 Å². The zero-order valence-electron chi connectivity index (χ0n) is 18.9. The molecule has 0 fully saturated rings. The monoisotopic (exact) mass is 501 g/mol. The molecular weight excluding hydrogens is 482 g/mol. The zero-order valence-corrected chi connectivity index (χ0v) is 20.5. The van der Waals surface area contributed by atoms with Crippen molar-refractivity contribution in [1.82, 2.24) is 4.57 Å². The molecule has 0 radical (unpaired) electrons. The second-order valence-electron chi connectivity index (χ2n) is 8.21. The van der Waals surface area contributed by atoms with Crippen molar-refractivity contribution in [3.8, 4) is 5.69 Å². The fourth-order valence-electron chi connectivity index (χ4n) is 4.23. The second-order valence-corrected chi connectivity index (χ2v) is 9.79. The Balaban J connectivity index is 1.41. The number of nitro groups is 1. The molecule has 1 aliphatic heterocycles. The molecule has 0 saturated carbocycles. The van der Waals surface area contributed by atoms with Crippen molar-refractivity contribution in [2.75, 3.05) is 5.32 Å². The van der Waals surface area contributed by atoms with Crippen LogP contribution in [0.15, 0.2) is 82.6 Å². The number of rotatable bonds is 5. The number of aryl methyl sites for hydroxylation is 1. The molecule has 0 saturated heterocycles. The van der Waals surface area contributed by atoms with Crippen LogP contribution in [0.2, 0.25) is 5.02 Å². The van der Waals surface area contributed by atoms with E-state index in [-0.39, 0.29) is 11.6 Å². The average Bonchev–Trinajstić information content (AvgIpc) is 3.29. The Morgan fingerprint density at radius 1 is 0.971 bits per heavy atom. The number of carbonyl (C=O) groups is 1. The molecule has 4 aromatic rings. The predicted octanol–water partition coefficient (Wildman–Crippen LogP) is 7.30. The highest BCUT2D eigenvalue weighted by Gasteiger charge is 2.25. The van der Waals surface area contributed by atoms with Crippen molar-refractivity contribution in [2.24, 2.45) is 0 Å². The fourth-order valence-corrected chi connectivity index (χ4v) is 5.22. The Morgan fingerprint density at radius 3 is 2.29 bits per heavy atom. The molecule has 1 aliphatic rings. The molecule has 2 heterocycles. The number of aromatic nitrogens is 1. The van der Waals surface area contributed by atoms with Crippen LogP contribution in [0.5, 0.6) is 0 Å². The summed E-state index contributed by atoms with van der Waals surface area (Å²) in [5, 5.41) is 14.3. The summed E-state index contributed by atoms with van der Waals surface area (Å²) >= 11 is 7.62. The Labute approximate surface area is 211 Å². The standard InChI is InChI=1S/C27H20ClN3O3S/c1-16-13-18(14-25-24-12-3-19(28)15-26(24)29-27(25)32)17(2)30(16)20-4-8-22(9-5-20)35-23-10-6-21(7-11-23)31(33)34/h3-15H,1-2H3,(H,29,32)/b25-14+. The second kappa shape index (κ2) is 9.09. The minimum absolute atomic E-state index is 0.0800. The number of benzene rings is 3. The quantitative estimate of drug-likeness (QED) is 0.177. The summed E-state index contributed by atoms with van der Waals surface area (Å²) in [4.78, 5) is 25.0. The maximum Gasteiger partial charge on any atom is 0.269 e. The largest absolute Gasteiger partial charge is 0.321 e. The molecule has 6 nitrogen and oxygen atoms in total. The van der Waals surface area contributed by atoms with E-state index >= 15 is 0 Å². The minimum Gasteiger partial charge on any atom is -0.321 e. The molecule has 1 amide bonds. The summed E-state index contributed by atoms with van der Waals surface area (Å²) in [6.45, 7) is 4.07. The number of fused-ring (bicyclic) bond motifs is 1. The van der Waals surface area contributed by atoms with Gasteiger partial charge in [0.1, 0.15) is 0 Å². The van der Waals surface area contributed by atoms with Crippen LogP contribution >= 0.6 is 23.4 Å². The predicted molar refractivity (Wildman–Crippen MR) is 140 cm³/mol. The highest BCUT2D eigenvalue weighted by molar-refractivity contribution is 7.99. The van der Waals surface area contributed by atoms with Gasteiger partial charge in [-0.3, -0.25) is 14.9 Å². The van der Waals surface area contributed by atoms with E-state index in [4.69, 9.17) is 11.6 Å². The van der Waals surface area contributed by atoms with Crippen LogP contribution < -0.4 is 5.32 Å². The lowest BCUT2D eigenvalue weighted by Gasteiger charge is -2.11. The molecule has 0 aliphatic carbocycles. The highest BCUT2D eigenvalue weighted by Crippen LogP contribution is 2.36. The Bertz CT molecular complexity index is 1510. The lowest BCUT2D eigenvalue weighted by Crippen LogP contribution is -2.03. The number of non-ortho nitro benzene ring substituents is 1. The topological polar surface area (TPSA) is 77.2 Å². The van der Waals surface area contributed by atoms with Gasteiger partial charge in [0.15, 0.2) is 0 Å². The fraction of sp³-hybridized carbons (Fsp3) is 0.0741. The van der Waals surface area contributed by atoms with Gasteiger partial charge < -0.3 is 9.88 Å². The Morgan fingerprint density at radius 2 is 1.63 bits per heavy atom. The van der Waals surface area contributed by atoms with Gasteiger partial charge in [-0.25, -0.2) is 0 Å². The van der Waals surface area contributed by atoms with Crippen molar-refractivity contribution < 1.29 is 9.72 Å². The van der Waals surface area contributed by atoms with Crippen LogP contribution in [0.4, 0.5) is 11.4 Å². The van der Waals surface area contributed by atoms with Gasteiger partial charge in [-0.15, -0.1) is 0 Å². The molecule has 0 bridgehead atoms. The SMILES string of the molecule is Cc1cc(/C=C2/C(=O)Nc3cc(Cl)ccc32)c(C)n1-c1ccc(Sc2ccc([N+](=O)[O-])cc2)cc1. The van der Waals surface area contributed by atoms with Crippen LogP contribution in [0, 0.1) is 24.0 Å². The summed E-state index contributed by atoms with van der Waals surface area (Å²) in [7, 11) is 0. The first-order chi connectivity index (χ1) is 16.8. The lowest BCUT2D eigenvalue weighted by molar-refractivity contribution is -0.384. The molecule has 0 atom stereocenters. The first-order valence-electron chi connectivity index (χ1n) is 10.8. The number of nitro benzene ring substituents is 1. The van der Waals surface area contributed by atoms with E-state index in [0.717, 1.165) is 43.7 Å². The molecule has 174 valence electrons. The number of nitrogens with zero attached hydrogens (tertiary/aromatic N) is 2. The van der Waals surface area contributed by atoms with Crippen molar-refractivity contribution in [3.05, 3.63) is 110 Å². The van der Waals surface area contributed by atoms with Gasteiger partial charge in [-0.2, -0.15) is 0 Å². The number of hydrogen-bond donors (Lipinski definition) is 1. The van der Waals surface area contributed by atoms with E-state index in [0.29, 0.717) is 10.6 Å². The van der Waals surface area contributed by atoms with Gasteiger partial charge in [0.05, 0.1) is 10.6 Å². The van der Waals surface area contributed by atoms with Crippen molar-refractivity contribution in [2.45, 2.75) is 23.6 Å². The first kappa shape index (κ1) is 23.0. The number of hydrogen-bond acceptors (Lipinski definition) is 4. The summed E-state index contributed by atoms with van der Waals surface area (Å²) < 4.78 is 2.16. The van der Waals surface area contributed by atoms with Crippen LogP contribution in [-0.4, -0.2) is 15.4 Å². The molecule has 1 N–H and O–H groups in total. The molecule has 1 aromatic heterocycles. The molecule has 3 aromatic carbocycles. The number of amides is 1. The number of anilines is 1. The van der Waals surface area contributed by atoms with Gasteiger partial charge in [0.25, 0.3) is 11.6 Å². The Hall–Kier alpha value is -3.81. The summed E-state index contributed by atoms with van der Waals surface area (Å²) in [5.74, 6) is -0.139. The van der Waals surface area contributed by atoms with Gasteiger partial charge in [0.2, 0.25) is 0 Å². The van der Waals surface area contributed by atoms with Crippen LogP contribution in [0.3, 0.4) is 0 Å².